The zero-order valence-electron chi connectivity index (χ0n) is 16.1. The third kappa shape index (κ3) is 4.26. The van der Waals surface area contributed by atoms with E-state index in [4.69, 9.17) is 4.74 Å². The van der Waals surface area contributed by atoms with E-state index in [1.165, 1.54) is 11.0 Å². The van der Waals surface area contributed by atoms with Gasteiger partial charge in [0.2, 0.25) is 5.91 Å². The molecule has 0 spiro atoms. The van der Waals surface area contributed by atoms with E-state index in [0.29, 0.717) is 19.5 Å². The summed E-state index contributed by atoms with van der Waals surface area (Å²) in [5, 5.41) is 15.4. The second kappa shape index (κ2) is 8.55. The molecule has 0 bridgehead atoms. The van der Waals surface area contributed by atoms with Crippen molar-refractivity contribution >= 4 is 16.8 Å². The van der Waals surface area contributed by atoms with Crippen molar-refractivity contribution in [2.24, 2.45) is 0 Å². The molecule has 0 saturated carbocycles. The minimum Gasteiger partial charge on any atom is -0.497 e. The number of hydrogen-bond acceptors (Lipinski definition) is 5. The number of carbonyl (C=O) groups excluding carboxylic acids is 1. The number of hydrogen-bond donors (Lipinski definition) is 1. The number of rotatable bonds is 8. The zero-order chi connectivity index (χ0) is 20.1. The summed E-state index contributed by atoms with van der Waals surface area (Å²) in [7, 11) is 1.66. The normalized spacial score (nSPS) is 12.0. The molecule has 148 valence electrons. The predicted molar refractivity (Wildman–Crippen MR) is 108 cm³/mol. The first kappa shape index (κ1) is 18.7. The Morgan fingerprint density at radius 1 is 1.17 bits per heavy atom. The maximum atomic E-state index is 12.9. The van der Waals surface area contributed by atoms with Crippen LogP contribution in [0.1, 0.15) is 11.6 Å². The number of nitrogens with one attached hydrogen (secondary N) is 1. The molecule has 1 unspecified atom stereocenters. The lowest BCUT2D eigenvalue weighted by Gasteiger charge is -2.17. The molecule has 2 heterocycles. The number of carbonyl (C=O) groups is 1. The Morgan fingerprint density at radius 2 is 2.03 bits per heavy atom. The summed E-state index contributed by atoms with van der Waals surface area (Å²) in [6.45, 7) is 1.16. The first-order chi connectivity index (χ1) is 14.2. The highest BCUT2D eigenvalue weighted by molar-refractivity contribution is 5.82. The van der Waals surface area contributed by atoms with E-state index in [0.717, 1.165) is 22.2 Å². The first-order valence-corrected chi connectivity index (χ1v) is 9.41. The van der Waals surface area contributed by atoms with Crippen molar-refractivity contribution in [1.82, 2.24) is 30.1 Å². The fraction of sp³-hybridized carbons (Fsp3) is 0.238. The summed E-state index contributed by atoms with van der Waals surface area (Å²) in [5.74, 6) is 0.716. The van der Waals surface area contributed by atoms with Gasteiger partial charge < -0.3 is 14.6 Å². The van der Waals surface area contributed by atoms with Gasteiger partial charge in [0.1, 0.15) is 18.1 Å². The molecule has 4 rings (SSSR count). The summed E-state index contributed by atoms with van der Waals surface area (Å²) in [6.07, 6.45) is 4.00. The Kier molecular flexibility index (Phi) is 5.51. The maximum absolute atomic E-state index is 12.9. The minimum absolute atomic E-state index is 0.112. The molecule has 0 radical (unpaired) electrons. The van der Waals surface area contributed by atoms with Crippen molar-refractivity contribution in [2.45, 2.75) is 19.0 Å². The largest absolute Gasteiger partial charge is 0.497 e. The predicted octanol–water partition coefficient (Wildman–Crippen LogP) is 2.24. The van der Waals surface area contributed by atoms with E-state index in [9.17, 15) is 4.79 Å². The Balaban J connectivity index is 1.42. The highest BCUT2D eigenvalue weighted by Crippen LogP contribution is 2.21. The Morgan fingerprint density at radius 3 is 2.79 bits per heavy atom. The molecule has 8 nitrogen and oxygen atoms in total. The van der Waals surface area contributed by atoms with E-state index in [-0.39, 0.29) is 5.91 Å². The Bertz CT molecular complexity index is 1080. The van der Waals surface area contributed by atoms with Crippen molar-refractivity contribution in [1.29, 1.82) is 0 Å². The molecule has 1 N–H and O–H groups in total. The van der Waals surface area contributed by atoms with Gasteiger partial charge in [-0.3, -0.25) is 4.79 Å². The van der Waals surface area contributed by atoms with Crippen LogP contribution < -0.4 is 10.1 Å². The van der Waals surface area contributed by atoms with E-state index in [1.807, 2.05) is 60.8 Å². The summed E-state index contributed by atoms with van der Waals surface area (Å²) in [6, 6.07) is 17.3. The molecule has 0 aliphatic carbocycles. The Labute approximate surface area is 168 Å². The summed E-state index contributed by atoms with van der Waals surface area (Å²) >= 11 is 0. The fourth-order valence-corrected chi connectivity index (χ4v) is 3.37. The van der Waals surface area contributed by atoms with Crippen LogP contribution in [0, 0.1) is 0 Å². The van der Waals surface area contributed by atoms with Crippen molar-refractivity contribution in [3.63, 3.8) is 0 Å². The van der Waals surface area contributed by atoms with Gasteiger partial charge in [-0.1, -0.05) is 30.3 Å². The molecule has 1 atom stereocenters. The lowest BCUT2D eigenvalue weighted by molar-refractivity contribution is -0.124. The van der Waals surface area contributed by atoms with Crippen LogP contribution in [0.4, 0.5) is 0 Å². The average molecular weight is 390 g/mol. The molecule has 29 heavy (non-hydrogen) atoms. The number of aromatic nitrogens is 5. The van der Waals surface area contributed by atoms with Crippen LogP contribution in [0.25, 0.3) is 10.9 Å². The monoisotopic (exact) mass is 390 g/mol. The summed E-state index contributed by atoms with van der Waals surface area (Å²) in [4.78, 5) is 12.9. The third-order valence-electron chi connectivity index (χ3n) is 4.89. The van der Waals surface area contributed by atoms with Gasteiger partial charge in [-0.05, 0) is 40.3 Å². The van der Waals surface area contributed by atoms with Gasteiger partial charge in [-0.15, -0.1) is 5.10 Å². The lowest BCUT2D eigenvalue weighted by Crippen LogP contribution is -2.36. The summed E-state index contributed by atoms with van der Waals surface area (Å²) < 4.78 is 8.88. The molecule has 2 aromatic carbocycles. The average Bonchev–Trinajstić information content (AvgIpc) is 3.42. The van der Waals surface area contributed by atoms with E-state index < -0.39 is 6.04 Å². The van der Waals surface area contributed by atoms with E-state index in [2.05, 4.69) is 25.4 Å². The standard InChI is InChI=1S/C21H22N6O2/c1-29-18-7-8-19-17(14-18)9-11-26(19)12-10-22-21(28)20(27-15-23-24-25-27)13-16-5-3-2-4-6-16/h2-9,11,14-15,20H,10,12-13H2,1H3,(H,22,28). The van der Waals surface area contributed by atoms with Crippen LogP contribution in [0.5, 0.6) is 5.75 Å². The molecular weight excluding hydrogens is 368 g/mol. The third-order valence-corrected chi connectivity index (χ3v) is 4.89. The number of nitrogens with zero attached hydrogens (tertiary/aromatic N) is 5. The highest BCUT2D eigenvalue weighted by Gasteiger charge is 2.22. The molecule has 0 aliphatic heterocycles. The molecule has 2 aromatic heterocycles. The number of fused-ring (bicyclic) bond motifs is 1. The minimum atomic E-state index is -0.502. The van der Waals surface area contributed by atoms with E-state index >= 15 is 0 Å². The van der Waals surface area contributed by atoms with Crippen LogP contribution in [0.2, 0.25) is 0 Å². The first-order valence-electron chi connectivity index (χ1n) is 9.41. The van der Waals surface area contributed by atoms with Gasteiger partial charge in [-0.2, -0.15) is 0 Å². The van der Waals surface area contributed by atoms with Crippen molar-refractivity contribution in [2.75, 3.05) is 13.7 Å². The number of amides is 1. The zero-order valence-corrected chi connectivity index (χ0v) is 16.1. The Hall–Kier alpha value is -3.68. The highest BCUT2D eigenvalue weighted by atomic mass is 16.5. The second-order valence-corrected chi connectivity index (χ2v) is 6.72. The second-order valence-electron chi connectivity index (χ2n) is 6.72. The molecule has 0 fully saturated rings. The van der Waals surface area contributed by atoms with Gasteiger partial charge in [0.05, 0.1) is 7.11 Å². The van der Waals surface area contributed by atoms with Gasteiger partial charge in [0, 0.05) is 36.6 Å². The number of benzene rings is 2. The fourth-order valence-electron chi connectivity index (χ4n) is 3.37. The van der Waals surface area contributed by atoms with E-state index in [1.54, 1.807) is 7.11 Å². The van der Waals surface area contributed by atoms with Gasteiger partial charge >= 0.3 is 0 Å². The quantitative estimate of drug-likeness (QED) is 0.499. The molecule has 0 aliphatic rings. The van der Waals surface area contributed by atoms with Gasteiger partial charge in [0.25, 0.3) is 0 Å². The van der Waals surface area contributed by atoms with Crippen molar-refractivity contribution in [3.8, 4) is 5.75 Å². The van der Waals surface area contributed by atoms with Gasteiger partial charge in [-0.25, -0.2) is 4.68 Å². The van der Waals surface area contributed by atoms with Crippen LogP contribution in [0.15, 0.2) is 67.1 Å². The molecule has 1 amide bonds. The SMILES string of the molecule is COc1ccc2c(ccn2CCNC(=O)C(Cc2ccccc2)n2cnnn2)c1. The van der Waals surface area contributed by atoms with Crippen LogP contribution in [-0.2, 0) is 17.8 Å². The van der Waals surface area contributed by atoms with Crippen LogP contribution >= 0.6 is 0 Å². The molecule has 0 saturated heterocycles. The molecule has 4 aromatic rings. The van der Waals surface area contributed by atoms with Gasteiger partial charge in [0.15, 0.2) is 0 Å². The summed E-state index contributed by atoms with van der Waals surface area (Å²) in [5.41, 5.74) is 2.15. The van der Waals surface area contributed by atoms with Crippen LogP contribution in [0.3, 0.4) is 0 Å². The van der Waals surface area contributed by atoms with Crippen molar-refractivity contribution < 1.29 is 9.53 Å². The number of tetrazole rings is 1. The van der Waals surface area contributed by atoms with Crippen LogP contribution in [-0.4, -0.2) is 44.3 Å². The molecule has 8 heteroatoms. The molecular formula is C21H22N6O2. The van der Waals surface area contributed by atoms with Crippen molar-refractivity contribution in [3.05, 3.63) is 72.7 Å². The number of ether oxygens (including phenoxy) is 1. The maximum Gasteiger partial charge on any atom is 0.245 e. The topological polar surface area (TPSA) is 86.9 Å². The lowest BCUT2D eigenvalue weighted by atomic mass is 10.1. The smallest absolute Gasteiger partial charge is 0.245 e. The number of methoxy groups -OCH3 is 1.